The molecule has 3 atom stereocenters. The predicted molar refractivity (Wildman–Crippen MR) is 99.2 cm³/mol. The fourth-order valence-electron chi connectivity index (χ4n) is 3.94. The number of rotatable bonds is 13. The van der Waals surface area contributed by atoms with E-state index in [1.165, 1.54) is 57.8 Å². The summed E-state index contributed by atoms with van der Waals surface area (Å²) in [6.45, 7) is 2.25. The van der Waals surface area contributed by atoms with Crippen LogP contribution in [0.15, 0.2) is 0 Å². The zero-order chi connectivity index (χ0) is 16.9. The molecule has 23 heavy (non-hydrogen) atoms. The Morgan fingerprint density at radius 2 is 1.57 bits per heavy atom. The van der Waals surface area contributed by atoms with Gasteiger partial charge in [-0.2, -0.15) is 0 Å². The molecule has 1 fully saturated rings. The summed E-state index contributed by atoms with van der Waals surface area (Å²) < 4.78 is 0. The van der Waals surface area contributed by atoms with Crippen LogP contribution in [-0.4, -0.2) is 16.5 Å². The largest absolute Gasteiger partial charge is 0.481 e. The Hall–Kier alpha value is -0.240. The maximum atomic E-state index is 11.6. The molecule has 136 valence electrons. The van der Waals surface area contributed by atoms with Crippen LogP contribution < -0.4 is 0 Å². The number of alkyl halides is 1. The molecule has 0 bridgehead atoms. The van der Waals surface area contributed by atoms with Crippen molar-refractivity contribution in [3.8, 4) is 0 Å². The van der Waals surface area contributed by atoms with Crippen LogP contribution in [0.5, 0.6) is 0 Å². The summed E-state index contributed by atoms with van der Waals surface area (Å²) in [5.74, 6) is -0.454. The van der Waals surface area contributed by atoms with Crippen LogP contribution in [0.1, 0.15) is 103 Å². The number of halogens is 1. The number of hydrogen-bond acceptors (Lipinski definition) is 1. The van der Waals surface area contributed by atoms with Crippen molar-refractivity contribution in [1.29, 1.82) is 0 Å². The van der Waals surface area contributed by atoms with Crippen LogP contribution in [-0.2, 0) is 4.79 Å². The summed E-state index contributed by atoms with van der Waals surface area (Å²) in [6, 6.07) is 0. The highest BCUT2D eigenvalue weighted by Gasteiger charge is 2.31. The average Bonchev–Trinajstić information content (AvgIpc) is 2.52. The fraction of sp³-hybridized carbons (Fsp3) is 0.950. The van der Waals surface area contributed by atoms with Crippen LogP contribution in [0.2, 0.25) is 0 Å². The molecule has 1 aliphatic carbocycles. The summed E-state index contributed by atoms with van der Waals surface area (Å²) >= 11 is 6.23. The van der Waals surface area contributed by atoms with Crippen LogP contribution >= 0.6 is 11.6 Å². The predicted octanol–water partition coefficient (Wildman–Crippen LogP) is 6.80. The normalized spacial score (nSPS) is 22.9. The number of carboxylic acids is 1. The molecule has 0 aromatic carbocycles. The van der Waals surface area contributed by atoms with Gasteiger partial charge in [0.2, 0.25) is 0 Å². The lowest BCUT2D eigenvalue weighted by Gasteiger charge is -2.30. The molecule has 3 unspecified atom stereocenters. The van der Waals surface area contributed by atoms with Gasteiger partial charge in [0.1, 0.15) is 0 Å². The van der Waals surface area contributed by atoms with Crippen molar-refractivity contribution in [2.24, 2.45) is 11.8 Å². The van der Waals surface area contributed by atoms with Crippen LogP contribution in [0.25, 0.3) is 0 Å². The van der Waals surface area contributed by atoms with E-state index >= 15 is 0 Å². The van der Waals surface area contributed by atoms with Gasteiger partial charge in [-0.05, 0) is 31.6 Å². The molecule has 0 spiro atoms. The Bertz CT molecular complexity index is 306. The third kappa shape index (κ3) is 9.59. The molecular formula is C20H37ClO2. The zero-order valence-electron chi connectivity index (χ0n) is 15.1. The molecule has 0 radical (unpaired) electrons. The molecule has 1 N–H and O–H groups in total. The monoisotopic (exact) mass is 344 g/mol. The number of aliphatic carboxylic acids is 1. The molecule has 1 rings (SSSR count). The Balaban J connectivity index is 2.06. The van der Waals surface area contributed by atoms with E-state index in [2.05, 4.69) is 6.92 Å². The lowest BCUT2D eigenvalue weighted by Crippen LogP contribution is -2.28. The number of carboxylic acid groups (broad SMARTS) is 1. The van der Waals surface area contributed by atoms with E-state index in [0.29, 0.717) is 5.92 Å². The molecular weight excluding hydrogens is 308 g/mol. The molecule has 2 nitrogen and oxygen atoms in total. The first-order valence-electron chi connectivity index (χ1n) is 10.0. The highest BCUT2D eigenvalue weighted by Crippen LogP contribution is 2.35. The van der Waals surface area contributed by atoms with Crippen LogP contribution in [0.3, 0.4) is 0 Å². The van der Waals surface area contributed by atoms with Gasteiger partial charge in [0.05, 0.1) is 5.92 Å². The van der Waals surface area contributed by atoms with Crippen LogP contribution in [0.4, 0.5) is 0 Å². The number of hydrogen-bond donors (Lipinski definition) is 1. The van der Waals surface area contributed by atoms with Crippen molar-refractivity contribution in [2.75, 3.05) is 0 Å². The minimum Gasteiger partial charge on any atom is -0.481 e. The van der Waals surface area contributed by atoms with E-state index in [-0.39, 0.29) is 11.3 Å². The van der Waals surface area contributed by atoms with Gasteiger partial charge in [0.15, 0.2) is 0 Å². The van der Waals surface area contributed by atoms with Crippen molar-refractivity contribution in [2.45, 2.75) is 109 Å². The maximum Gasteiger partial charge on any atom is 0.306 e. The first-order chi connectivity index (χ1) is 11.1. The lowest BCUT2D eigenvalue weighted by atomic mass is 9.77. The van der Waals surface area contributed by atoms with Gasteiger partial charge in [-0.1, -0.05) is 77.6 Å². The maximum absolute atomic E-state index is 11.6. The molecule has 0 aliphatic heterocycles. The Morgan fingerprint density at radius 3 is 2.09 bits per heavy atom. The van der Waals surface area contributed by atoms with Crippen molar-refractivity contribution < 1.29 is 9.90 Å². The second kappa shape index (κ2) is 13.1. The quantitative estimate of drug-likeness (QED) is 0.295. The Kier molecular flexibility index (Phi) is 11.8. The SMILES string of the molecule is CCCCCCCCCCCCC(C(=O)O)C1CCCC(Cl)C1. The molecule has 0 aromatic heterocycles. The standard InChI is InChI=1S/C20H37ClO2/c1-2-3-4-5-6-7-8-9-10-11-15-19(20(22)23)17-13-12-14-18(21)16-17/h17-19H,2-16H2,1H3,(H,22,23). The molecule has 1 aliphatic rings. The fourth-order valence-corrected chi connectivity index (χ4v) is 4.33. The minimum atomic E-state index is -0.600. The molecule has 3 heteroatoms. The summed E-state index contributed by atoms with van der Waals surface area (Å²) in [7, 11) is 0. The van der Waals surface area contributed by atoms with E-state index in [4.69, 9.17) is 11.6 Å². The molecule has 0 saturated heterocycles. The second-order valence-electron chi connectivity index (χ2n) is 7.44. The smallest absolute Gasteiger partial charge is 0.306 e. The Labute approximate surface area is 148 Å². The van der Waals surface area contributed by atoms with Gasteiger partial charge in [-0.15, -0.1) is 11.6 Å². The highest BCUT2D eigenvalue weighted by atomic mass is 35.5. The van der Waals surface area contributed by atoms with Crippen molar-refractivity contribution >= 4 is 17.6 Å². The van der Waals surface area contributed by atoms with Gasteiger partial charge < -0.3 is 5.11 Å². The molecule has 0 amide bonds. The zero-order valence-corrected chi connectivity index (χ0v) is 15.8. The average molecular weight is 345 g/mol. The number of carbonyl (C=O) groups is 1. The summed E-state index contributed by atoms with van der Waals surface area (Å²) in [5, 5.41) is 9.71. The third-order valence-corrected chi connectivity index (χ3v) is 5.80. The summed E-state index contributed by atoms with van der Waals surface area (Å²) in [4.78, 5) is 11.6. The van der Waals surface area contributed by atoms with Crippen molar-refractivity contribution in [3.05, 3.63) is 0 Å². The van der Waals surface area contributed by atoms with E-state index in [0.717, 1.165) is 38.5 Å². The summed E-state index contributed by atoms with van der Waals surface area (Å²) in [5.41, 5.74) is 0. The summed E-state index contributed by atoms with van der Waals surface area (Å²) in [6.07, 6.45) is 18.0. The first kappa shape index (κ1) is 20.8. The first-order valence-corrected chi connectivity index (χ1v) is 10.5. The highest BCUT2D eigenvalue weighted by molar-refractivity contribution is 6.20. The van der Waals surface area contributed by atoms with Gasteiger partial charge in [0, 0.05) is 5.38 Å². The van der Waals surface area contributed by atoms with Gasteiger partial charge in [-0.25, -0.2) is 0 Å². The Morgan fingerprint density at radius 1 is 1.00 bits per heavy atom. The number of unbranched alkanes of at least 4 members (excludes halogenated alkanes) is 9. The lowest BCUT2D eigenvalue weighted by molar-refractivity contribution is -0.144. The topological polar surface area (TPSA) is 37.3 Å². The second-order valence-corrected chi connectivity index (χ2v) is 8.06. The van der Waals surface area contributed by atoms with E-state index in [1.807, 2.05) is 0 Å². The van der Waals surface area contributed by atoms with Gasteiger partial charge in [-0.3, -0.25) is 4.79 Å². The van der Waals surface area contributed by atoms with E-state index in [1.54, 1.807) is 0 Å². The third-order valence-electron chi connectivity index (χ3n) is 5.41. The van der Waals surface area contributed by atoms with E-state index in [9.17, 15) is 9.90 Å². The molecule has 1 saturated carbocycles. The van der Waals surface area contributed by atoms with Gasteiger partial charge >= 0.3 is 5.97 Å². The molecule has 0 heterocycles. The molecule has 0 aromatic rings. The van der Waals surface area contributed by atoms with Crippen molar-refractivity contribution in [3.63, 3.8) is 0 Å². The van der Waals surface area contributed by atoms with E-state index < -0.39 is 5.97 Å². The van der Waals surface area contributed by atoms with Crippen LogP contribution in [0, 0.1) is 11.8 Å². The minimum absolute atomic E-state index is 0.161. The van der Waals surface area contributed by atoms with Gasteiger partial charge in [0.25, 0.3) is 0 Å². The van der Waals surface area contributed by atoms with Crippen molar-refractivity contribution in [1.82, 2.24) is 0 Å².